The molecule has 2 N–H and O–H groups in total. The van der Waals surface area contributed by atoms with Gasteiger partial charge in [-0.15, -0.1) is 0 Å². The summed E-state index contributed by atoms with van der Waals surface area (Å²) in [4.78, 5) is 25.7. The summed E-state index contributed by atoms with van der Waals surface area (Å²) in [6.45, 7) is 3.61. The van der Waals surface area contributed by atoms with Crippen LogP contribution in [-0.4, -0.2) is 61.8 Å². The van der Waals surface area contributed by atoms with E-state index in [1.165, 1.54) is 0 Å². The second kappa shape index (κ2) is 6.32. The molecule has 1 aromatic carbocycles. The zero-order chi connectivity index (χ0) is 17.3. The molecule has 7 heteroatoms. The van der Waals surface area contributed by atoms with Gasteiger partial charge in [0.25, 0.3) is 0 Å². The SMILES string of the molecule is COc1cc(C)ccc1OCCN1C[C@@]2(C(=O)O)CNC[C@H]2C1=O. The number of methoxy groups -OCH3 is 1. The molecule has 1 amide bonds. The number of amides is 1. The molecule has 130 valence electrons. The maximum absolute atomic E-state index is 12.4. The smallest absolute Gasteiger partial charge is 0.313 e. The van der Waals surface area contributed by atoms with Crippen LogP contribution in [0.1, 0.15) is 5.56 Å². The zero-order valence-corrected chi connectivity index (χ0v) is 13.9. The fraction of sp³-hybridized carbons (Fsp3) is 0.529. The number of nitrogens with one attached hydrogen (secondary N) is 1. The molecule has 0 aromatic heterocycles. The average molecular weight is 334 g/mol. The van der Waals surface area contributed by atoms with Gasteiger partial charge in [-0.25, -0.2) is 0 Å². The van der Waals surface area contributed by atoms with Crippen molar-refractivity contribution in [2.45, 2.75) is 6.92 Å². The Morgan fingerprint density at radius 1 is 1.46 bits per heavy atom. The van der Waals surface area contributed by atoms with Crippen LogP contribution in [-0.2, 0) is 9.59 Å². The molecule has 0 aliphatic carbocycles. The first kappa shape index (κ1) is 16.6. The predicted octanol–water partition coefficient (Wildman–Crippen LogP) is 0.515. The van der Waals surface area contributed by atoms with E-state index in [-0.39, 0.29) is 12.5 Å². The lowest BCUT2D eigenvalue weighted by atomic mass is 9.81. The molecule has 2 aliphatic heterocycles. The minimum Gasteiger partial charge on any atom is -0.493 e. The number of carboxylic acids is 1. The van der Waals surface area contributed by atoms with Crippen molar-refractivity contribution in [3.63, 3.8) is 0 Å². The molecule has 3 rings (SSSR count). The molecule has 2 aliphatic rings. The van der Waals surface area contributed by atoms with E-state index < -0.39 is 17.3 Å². The van der Waals surface area contributed by atoms with Crippen LogP contribution in [0.25, 0.3) is 0 Å². The Hall–Kier alpha value is -2.28. The van der Waals surface area contributed by atoms with Crippen LogP contribution in [0.4, 0.5) is 0 Å². The number of aryl methyl sites for hydroxylation is 1. The van der Waals surface area contributed by atoms with Crippen molar-refractivity contribution in [2.75, 3.05) is 39.9 Å². The molecule has 2 atom stereocenters. The number of carbonyl (C=O) groups is 2. The lowest BCUT2D eigenvalue weighted by Crippen LogP contribution is -2.40. The summed E-state index contributed by atoms with van der Waals surface area (Å²) in [7, 11) is 1.58. The van der Waals surface area contributed by atoms with Gasteiger partial charge >= 0.3 is 5.97 Å². The highest BCUT2D eigenvalue weighted by Crippen LogP contribution is 2.40. The van der Waals surface area contributed by atoms with Gasteiger partial charge in [-0.2, -0.15) is 0 Å². The Kier molecular flexibility index (Phi) is 4.36. The number of hydrogen-bond acceptors (Lipinski definition) is 5. The van der Waals surface area contributed by atoms with E-state index in [4.69, 9.17) is 9.47 Å². The summed E-state index contributed by atoms with van der Waals surface area (Å²) in [5.41, 5.74) is 0.0659. The Labute approximate surface area is 140 Å². The molecule has 0 radical (unpaired) electrons. The van der Waals surface area contributed by atoms with Crippen molar-refractivity contribution in [2.24, 2.45) is 11.3 Å². The third kappa shape index (κ3) is 2.69. The third-order valence-corrected chi connectivity index (χ3v) is 4.90. The molecule has 2 saturated heterocycles. The third-order valence-electron chi connectivity index (χ3n) is 4.90. The standard InChI is InChI=1S/C17H22N2O5/c1-11-3-4-13(14(7-11)23-2)24-6-5-19-10-17(16(21)22)9-18-8-12(17)15(19)20/h3-4,7,12,18H,5-6,8-10H2,1-2H3,(H,21,22)/t12-,17-/m0/s1. The fourth-order valence-electron chi connectivity index (χ4n) is 3.53. The molecular weight excluding hydrogens is 312 g/mol. The molecule has 0 unspecified atom stereocenters. The van der Waals surface area contributed by atoms with Crippen LogP contribution in [0.3, 0.4) is 0 Å². The molecule has 0 saturated carbocycles. The molecular formula is C17H22N2O5. The largest absolute Gasteiger partial charge is 0.493 e. The number of rotatable bonds is 6. The van der Waals surface area contributed by atoms with Gasteiger partial charge in [0.2, 0.25) is 5.91 Å². The van der Waals surface area contributed by atoms with E-state index in [0.717, 1.165) is 5.56 Å². The Morgan fingerprint density at radius 3 is 2.92 bits per heavy atom. The van der Waals surface area contributed by atoms with Crippen LogP contribution < -0.4 is 14.8 Å². The van der Waals surface area contributed by atoms with Gasteiger partial charge < -0.3 is 24.8 Å². The Balaban J connectivity index is 1.62. The fourth-order valence-corrected chi connectivity index (χ4v) is 3.53. The van der Waals surface area contributed by atoms with E-state index >= 15 is 0 Å². The van der Waals surface area contributed by atoms with Crippen LogP contribution in [0.2, 0.25) is 0 Å². The number of fused-ring (bicyclic) bond motifs is 1. The number of ether oxygens (including phenoxy) is 2. The maximum Gasteiger partial charge on any atom is 0.313 e. The van der Waals surface area contributed by atoms with Gasteiger partial charge in [-0.3, -0.25) is 9.59 Å². The molecule has 0 spiro atoms. The molecule has 24 heavy (non-hydrogen) atoms. The van der Waals surface area contributed by atoms with Crippen LogP contribution >= 0.6 is 0 Å². The first-order chi connectivity index (χ1) is 11.5. The van der Waals surface area contributed by atoms with Gasteiger partial charge in [-0.1, -0.05) is 6.07 Å². The van der Waals surface area contributed by atoms with E-state index in [1.807, 2.05) is 25.1 Å². The average Bonchev–Trinajstić information content (AvgIpc) is 3.09. The Bertz CT molecular complexity index is 662. The molecule has 1 aromatic rings. The molecule has 2 heterocycles. The van der Waals surface area contributed by atoms with E-state index in [2.05, 4.69) is 5.32 Å². The van der Waals surface area contributed by atoms with E-state index in [0.29, 0.717) is 37.7 Å². The number of nitrogens with zero attached hydrogens (tertiary/aromatic N) is 1. The molecule has 7 nitrogen and oxygen atoms in total. The van der Waals surface area contributed by atoms with Crippen molar-refractivity contribution < 1.29 is 24.2 Å². The van der Waals surface area contributed by atoms with Crippen LogP contribution in [0, 0.1) is 18.3 Å². The highest BCUT2D eigenvalue weighted by atomic mass is 16.5. The lowest BCUT2D eigenvalue weighted by Gasteiger charge is -2.22. The number of carboxylic acid groups (broad SMARTS) is 1. The Morgan fingerprint density at radius 2 is 2.25 bits per heavy atom. The lowest BCUT2D eigenvalue weighted by molar-refractivity contribution is -0.149. The monoisotopic (exact) mass is 334 g/mol. The van der Waals surface area contributed by atoms with Gasteiger partial charge in [-0.05, 0) is 24.6 Å². The topological polar surface area (TPSA) is 88.1 Å². The van der Waals surface area contributed by atoms with Gasteiger partial charge in [0.1, 0.15) is 12.0 Å². The van der Waals surface area contributed by atoms with Crippen molar-refractivity contribution >= 4 is 11.9 Å². The summed E-state index contributed by atoms with van der Waals surface area (Å²) in [6, 6.07) is 5.64. The zero-order valence-electron chi connectivity index (χ0n) is 13.9. The number of hydrogen-bond donors (Lipinski definition) is 2. The van der Waals surface area contributed by atoms with Gasteiger partial charge in [0.15, 0.2) is 11.5 Å². The number of benzene rings is 1. The summed E-state index contributed by atoms with van der Waals surface area (Å²) >= 11 is 0. The molecule has 0 bridgehead atoms. The highest BCUT2D eigenvalue weighted by molar-refractivity contribution is 5.92. The first-order valence-electron chi connectivity index (χ1n) is 7.98. The first-order valence-corrected chi connectivity index (χ1v) is 7.98. The maximum atomic E-state index is 12.4. The minimum absolute atomic E-state index is 0.109. The summed E-state index contributed by atoms with van der Waals surface area (Å²) < 4.78 is 11.0. The van der Waals surface area contributed by atoms with Crippen molar-refractivity contribution in [1.82, 2.24) is 10.2 Å². The van der Waals surface area contributed by atoms with Crippen molar-refractivity contribution in [3.8, 4) is 11.5 Å². The summed E-state index contributed by atoms with van der Waals surface area (Å²) in [6.07, 6.45) is 0. The number of carbonyl (C=O) groups excluding carboxylic acids is 1. The summed E-state index contributed by atoms with van der Waals surface area (Å²) in [5.74, 6) is -0.240. The normalized spacial score (nSPS) is 25.7. The second-order valence-corrected chi connectivity index (χ2v) is 6.41. The number of likely N-dealkylation sites (tertiary alicyclic amines) is 1. The second-order valence-electron chi connectivity index (χ2n) is 6.41. The van der Waals surface area contributed by atoms with Crippen molar-refractivity contribution in [3.05, 3.63) is 23.8 Å². The van der Waals surface area contributed by atoms with Gasteiger partial charge in [0.05, 0.1) is 19.6 Å². The van der Waals surface area contributed by atoms with Gasteiger partial charge in [0, 0.05) is 19.6 Å². The van der Waals surface area contributed by atoms with Crippen molar-refractivity contribution in [1.29, 1.82) is 0 Å². The summed E-state index contributed by atoms with van der Waals surface area (Å²) in [5, 5.41) is 12.6. The molecule has 2 fully saturated rings. The van der Waals surface area contributed by atoms with E-state index in [9.17, 15) is 14.7 Å². The highest BCUT2D eigenvalue weighted by Gasteiger charge is 2.59. The van der Waals surface area contributed by atoms with E-state index in [1.54, 1.807) is 12.0 Å². The number of aliphatic carboxylic acids is 1. The quantitative estimate of drug-likeness (QED) is 0.788. The predicted molar refractivity (Wildman–Crippen MR) is 86.2 cm³/mol. The van der Waals surface area contributed by atoms with Crippen LogP contribution in [0.5, 0.6) is 11.5 Å². The minimum atomic E-state index is -1.00. The van der Waals surface area contributed by atoms with Crippen LogP contribution in [0.15, 0.2) is 18.2 Å².